The summed E-state index contributed by atoms with van der Waals surface area (Å²) in [5, 5.41) is 0. The Labute approximate surface area is 95.1 Å². The van der Waals surface area contributed by atoms with Gasteiger partial charge < -0.3 is 9.04 Å². The van der Waals surface area contributed by atoms with Gasteiger partial charge >= 0.3 is 0 Å². The quantitative estimate of drug-likeness (QED) is 0.562. The Balaban J connectivity index is 2.12. The van der Waals surface area contributed by atoms with Gasteiger partial charge in [-0.3, -0.25) is 0 Å². The Morgan fingerprint density at radius 1 is 1.27 bits per heavy atom. The number of anilines is 1. The molecule has 3 heteroatoms. The van der Waals surface area contributed by atoms with Crippen LogP contribution in [0, 0.1) is 0 Å². The van der Waals surface area contributed by atoms with E-state index in [0.29, 0.717) is 0 Å². The number of rotatable bonds is 2. The minimum atomic E-state index is 0.910. The second-order valence-corrected chi connectivity index (χ2v) is 4.61. The molecule has 0 saturated carbocycles. The number of hydrogen-bond donors (Lipinski definition) is 0. The zero-order valence-electron chi connectivity index (χ0n) is 9.06. The summed E-state index contributed by atoms with van der Waals surface area (Å²) in [6.45, 7) is 3.19. The molecule has 0 saturated heterocycles. The van der Waals surface area contributed by atoms with Crippen LogP contribution in [-0.2, 0) is 0 Å². The van der Waals surface area contributed by atoms with Crippen molar-refractivity contribution in [3.63, 3.8) is 0 Å². The van der Waals surface area contributed by atoms with Crippen LogP contribution < -0.4 is 9.04 Å². The van der Waals surface area contributed by atoms with Crippen molar-refractivity contribution in [1.29, 1.82) is 0 Å². The van der Waals surface area contributed by atoms with Gasteiger partial charge in [-0.25, -0.2) is 0 Å². The molecule has 2 rings (SSSR count). The molecule has 0 N–H and O–H groups in total. The summed E-state index contributed by atoms with van der Waals surface area (Å²) in [5.74, 6) is 1.98. The zero-order chi connectivity index (χ0) is 10.7. The second kappa shape index (κ2) is 4.62. The summed E-state index contributed by atoms with van der Waals surface area (Å²) < 4.78 is 7.46. The number of ether oxygens (including phenoxy) is 1. The first-order chi connectivity index (χ1) is 7.29. The van der Waals surface area contributed by atoms with Gasteiger partial charge in [0.25, 0.3) is 0 Å². The fourth-order valence-electron chi connectivity index (χ4n) is 1.52. The molecule has 0 spiro atoms. The summed E-state index contributed by atoms with van der Waals surface area (Å²) in [5.41, 5.74) is 2.68. The molecule has 1 aliphatic heterocycles. The fourth-order valence-corrected chi connectivity index (χ4v) is 2.63. The van der Waals surface area contributed by atoms with Crippen molar-refractivity contribution < 1.29 is 4.74 Å². The van der Waals surface area contributed by atoms with Crippen molar-refractivity contribution in [2.45, 2.75) is 6.92 Å². The topological polar surface area (TPSA) is 12.5 Å². The highest BCUT2D eigenvalue weighted by Crippen LogP contribution is 2.28. The van der Waals surface area contributed by atoms with E-state index < -0.39 is 0 Å². The Bertz CT molecular complexity index is 358. The number of benzene rings is 1. The van der Waals surface area contributed by atoms with Crippen LogP contribution in [0.5, 0.6) is 5.75 Å². The maximum Gasteiger partial charge on any atom is 0.119 e. The number of hydrogen-bond acceptors (Lipinski definition) is 3. The van der Waals surface area contributed by atoms with Crippen LogP contribution >= 0.6 is 11.9 Å². The Morgan fingerprint density at radius 3 is 2.60 bits per heavy atom. The van der Waals surface area contributed by atoms with Crippen molar-refractivity contribution >= 4 is 17.6 Å². The predicted octanol–water partition coefficient (Wildman–Crippen LogP) is 3.11. The molecule has 15 heavy (non-hydrogen) atoms. The lowest BCUT2D eigenvalue weighted by Gasteiger charge is -2.26. The average molecular weight is 221 g/mol. The van der Waals surface area contributed by atoms with Gasteiger partial charge in [-0.05, 0) is 43.1 Å². The molecular formula is C12H15NOS. The molecule has 0 aliphatic carbocycles. The molecule has 1 aromatic carbocycles. The van der Waals surface area contributed by atoms with Crippen molar-refractivity contribution in [3.8, 4) is 5.75 Å². The van der Waals surface area contributed by atoms with Gasteiger partial charge in [0.2, 0.25) is 0 Å². The van der Waals surface area contributed by atoms with E-state index in [-0.39, 0.29) is 0 Å². The molecule has 1 aliphatic rings. The van der Waals surface area contributed by atoms with Crippen molar-refractivity contribution in [2.24, 2.45) is 0 Å². The van der Waals surface area contributed by atoms with Gasteiger partial charge in [-0.15, -0.1) is 0 Å². The molecule has 0 bridgehead atoms. The van der Waals surface area contributed by atoms with E-state index >= 15 is 0 Å². The Kier molecular flexibility index (Phi) is 3.21. The van der Waals surface area contributed by atoms with Gasteiger partial charge in [0.05, 0.1) is 13.7 Å². The van der Waals surface area contributed by atoms with E-state index in [2.05, 4.69) is 29.4 Å². The maximum atomic E-state index is 5.14. The molecular weight excluding hydrogens is 206 g/mol. The van der Waals surface area contributed by atoms with E-state index in [4.69, 9.17) is 4.74 Å². The van der Waals surface area contributed by atoms with Crippen molar-refractivity contribution in [1.82, 2.24) is 0 Å². The number of nitrogens with zero attached hydrogens (tertiary/aromatic N) is 1. The molecule has 0 amide bonds. The molecule has 1 aromatic rings. The molecule has 80 valence electrons. The van der Waals surface area contributed by atoms with Crippen LogP contribution in [-0.4, -0.2) is 19.4 Å². The first-order valence-electron chi connectivity index (χ1n) is 5.00. The average Bonchev–Trinajstić information content (AvgIpc) is 2.29. The van der Waals surface area contributed by atoms with Gasteiger partial charge in [0.15, 0.2) is 0 Å². The standard InChI is InChI=1S/C12H15NOS/c1-10-7-8-15-13(9-10)11-3-5-12(14-2)6-4-11/h3-7H,8-9H2,1-2H3. The van der Waals surface area contributed by atoms with Gasteiger partial charge in [0.1, 0.15) is 5.75 Å². The third-order valence-corrected chi connectivity index (χ3v) is 3.38. The second-order valence-electron chi connectivity index (χ2n) is 3.58. The SMILES string of the molecule is COc1ccc(N2CC(C)=CCS2)cc1. The largest absolute Gasteiger partial charge is 0.497 e. The van der Waals surface area contributed by atoms with Crippen molar-refractivity contribution in [3.05, 3.63) is 35.9 Å². The normalized spacial score (nSPS) is 16.1. The third-order valence-electron chi connectivity index (χ3n) is 2.42. The first kappa shape index (κ1) is 10.4. The van der Waals surface area contributed by atoms with E-state index in [0.717, 1.165) is 18.0 Å². The highest BCUT2D eigenvalue weighted by atomic mass is 32.2. The third kappa shape index (κ3) is 2.48. The van der Waals surface area contributed by atoms with Crippen LogP contribution in [0.25, 0.3) is 0 Å². The highest BCUT2D eigenvalue weighted by molar-refractivity contribution is 8.00. The zero-order valence-corrected chi connectivity index (χ0v) is 9.88. The van der Waals surface area contributed by atoms with Crippen LogP contribution in [0.3, 0.4) is 0 Å². The molecule has 0 unspecified atom stereocenters. The van der Waals surface area contributed by atoms with Gasteiger partial charge in [0, 0.05) is 11.4 Å². The lowest BCUT2D eigenvalue weighted by atomic mass is 10.2. The lowest BCUT2D eigenvalue weighted by molar-refractivity contribution is 0.415. The lowest BCUT2D eigenvalue weighted by Crippen LogP contribution is -2.20. The smallest absolute Gasteiger partial charge is 0.119 e. The van der Waals surface area contributed by atoms with Crippen LogP contribution in [0.15, 0.2) is 35.9 Å². The fraction of sp³-hybridized carbons (Fsp3) is 0.333. The van der Waals surface area contributed by atoms with Gasteiger partial charge in [-0.1, -0.05) is 11.6 Å². The van der Waals surface area contributed by atoms with Crippen LogP contribution in [0.2, 0.25) is 0 Å². The summed E-state index contributed by atoms with van der Waals surface area (Å²) >= 11 is 1.85. The molecule has 0 aromatic heterocycles. The molecule has 0 radical (unpaired) electrons. The Morgan fingerprint density at radius 2 is 2.00 bits per heavy atom. The number of methoxy groups -OCH3 is 1. The predicted molar refractivity (Wildman–Crippen MR) is 66.6 cm³/mol. The minimum Gasteiger partial charge on any atom is -0.497 e. The molecule has 0 atom stereocenters. The van der Waals surface area contributed by atoms with E-state index in [1.807, 2.05) is 24.1 Å². The summed E-state index contributed by atoms with van der Waals surface area (Å²) in [6, 6.07) is 8.21. The monoisotopic (exact) mass is 221 g/mol. The minimum absolute atomic E-state index is 0.910. The van der Waals surface area contributed by atoms with Crippen LogP contribution in [0.4, 0.5) is 5.69 Å². The molecule has 2 nitrogen and oxygen atoms in total. The molecule has 1 heterocycles. The molecule has 0 fully saturated rings. The Hall–Kier alpha value is -1.09. The van der Waals surface area contributed by atoms with E-state index in [1.54, 1.807) is 7.11 Å². The van der Waals surface area contributed by atoms with E-state index in [9.17, 15) is 0 Å². The maximum absolute atomic E-state index is 5.14. The van der Waals surface area contributed by atoms with Gasteiger partial charge in [-0.2, -0.15) is 0 Å². The summed E-state index contributed by atoms with van der Waals surface area (Å²) in [7, 11) is 1.69. The highest BCUT2D eigenvalue weighted by Gasteiger charge is 2.11. The van der Waals surface area contributed by atoms with E-state index in [1.165, 1.54) is 11.3 Å². The summed E-state index contributed by atoms with van der Waals surface area (Å²) in [6.07, 6.45) is 2.28. The first-order valence-corrected chi connectivity index (χ1v) is 5.94. The van der Waals surface area contributed by atoms with Crippen LogP contribution in [0.1, 0.15) is 6.92 Å². The van der Waals surface area contributed by atoms with Crippen molar-refractivity contribution in [2.75, 3.05) is 23.7 Å². The summed E-state index contributed by atoms with van der Waals surface area (Å²) in [4.78, 5) is 0.